The zero-order valence-corrected chi connectivity index (χ0v) is 17.5. The molecule has 6 heteroatoms. The van der Waals surface area contributed by atoms with Gasteiger partial charge in [-0.1, -0.05) is 18.2 Å². The predicted molar refractivity (Wildman–Crippen MR) is 123 cm³/mol. The molecule has 5 rings (SSSR count). The number of likely N-dealkylation sites (tertiary alicyclic amines) is 1. The Labute approximate surface area is 181 Å². The first-order valence-electron chi connectivity index (χ1n) is 10.7. The van der Waals surface area contributed by atoms with E-state index in [1.165, 1.54) is 18.4 Å². The third-order valence-corrected chi connectivity index (χ3v) is 6.00. The number of pyridine rings is 1. The molecule has 0 atom stereocenters. The van der Waals surface area contributed by atoms with E-state index in [2.05, 4.69) is 38.3 Å². The van der Waals surface area contributed by atoms with Gasteiger partial charge in [0.2, 0.25) is 0 Å². The number of rotatable bonds is 4. The van der Waals surface area contributed by atoms with Crippen LogP contribution in [0.2, 0.25) is 0 Å². The third-order valence-electron chi connectivity index (χ3n) is 6.00. The second-order valence-electron chi connectivity index (χ2n) is 8.20. The lowest BCUT2D eigenvalue weighted by molar-refractivity contribution is 0.102. The van der Waals surface area contributed by atoms with Crippen molar-refractivity contribution in [2.75, 3.05) is 25.5 Å². The zero-order valence-electron chi connectivity index (χ0n) is 17.5. The smallest absolute Gasteiger partial charge is 0.255 e. The second kappa shape index (κ2) is 8.32. The van der Waals surface area contributed by atoms with Crippen LogP contribution in [-0.4, -0.2) is 45.9 Å². The number of hydrogen-bond donors (Lipinski definition) is 2. The maximum Gasteiger partial charge on any atom is 0.255 e. The van der Waals surface area contributed by atoms with Crippen molar-refractivity contribution in [3.63, 3.8) is 0 Å². The van der Waals surface area contributed by atoms with E-state index < -0.39 is 0 Å². The summed E-state index contributed by atoms with van der Waals surface area (Å²) in [5, 5.41) is 2.93. The van der Waals surface area contributed by atoms with Crippen LogP contribution in [0.5, 0.6) is 0 Å². The topological polar surface area (TPSA) is 73.9 Å². The second-order valence-corrected chi connectivity index (χ2v) is 8.20. The highest BCUT2D eigenvalue weighted by Crippen LogP contribution is 2.29. The number of nitrogens with one attached hydrogen (secondary N) is 2. The lowest BCUT2D eigenvalue weighted by atomic mass is 9.91. The van der Waals surface area contributed by atoms with Crippen molar-refractivity contribution in [3.05, 3.63) is 78.0 Å². The molecule has 0 radical (unpaired) electrons. The predicted octanol–water partition coefficient (Wildman–Crippen LogP) is 4.69. The summed E-state index contributed by atoms with van der Waals surface area (Å²) in [5.41, 5.74) is 5.32. The Morgan fingerprint density at radius 3 is 2.55 bits per heavy atom. The highest BCUT2D eigenvalue weighted by Gasteiger charge is 2.19. The van der Waals surface area contributed by atoms with Crippen LogP contribution >= 0.6 is 0 Å². The van der Waals surface area contributed by atoms with E-state index in [-0.39, 0.29) is 5.91 Å². The Balaban J connectivity index is 1.32. The molecule has 31 heavy (non-hydrogen) atoms. The Morgan fingerprint density at radius 1 is 1.06 bits per heavy atom. The molecule has 1 aliphatic heterocycles. The van der Waals surface area contributed by atoms with E-state index in [4.69, 9.17) is 0 Å². The molecule has 0 spiro atoms. The number of piperidine rings is 1. The first-order chi connectivity index (χ1) is 15.2. The molecular weight excluding hydrogens is 386 g/mol. The van der Waals surface area contributed by atoms with Crippen LogP contribution < -0.4 is 5.32 Å². The van der Waals surface area contributed by atoms with Gasteiger partial charge in [-0.25, -0.2) is 9.97 Å². The molecule has 1 saturated heterocycles. The Hall–Kier alpha value is -3.51. The van der Waals surface area contributed by atoms with Gasteiger partial charge in [0, 0.05) is 23.0 Å². The standard InChI is InChI=1S/C25H25N5O/c1-30-13-11-17(12-14-30)20-15-22-24(26-16-20)29-23(28-22)18-7-9-21(10-8-18)27-25(31)19-5-3-2-4-6-19/h2-10,15-17H,11-14H2,1H3,(H,27,31)(H,26,28,29). The van der Waals surface area contributed by atoms with Crippen molar-refractivity contribution >= 4 is 22.8 Å². The van der Waals surface area contributed by atoms with Crippen LogP contribution in [0.25, 0.3) is 22.6 Å². The van der Waals surface area contributed by atoms with Gasteiger partial charge < -0.3 is 15.2 Å². The summed E-state index contributed by atoms with van der Waals surface area (Å²) in [7, 11) is 2.18. The quantitative estimate of drug-likeness (QED) is 0.511. The fourth-order valence-corrected chi connectivity index (χ4v) is 4.12. The minimum atomic E-state index is -0.122. The molecule has 0 aliphatic carbocycles. The SMILES string of the molecule is CN1CCC(c2cnc3nc(-c4ccc(NC(=O)c5ccccc5)cc4)[nH]c3c2)CC1. The fourth-order valence-electron chi connectivity index (χ4n) is 4.12. The van der Waals surface area contributed by atoms with E-state index >= 15 is 0 Å². The van der Waals surface area contributed by atoms with Crippen LogP contribution in [0, 0.1) is 0 Å². The number of imidazole rings is 1. The van der Waals surface area contributed by atoms with Crippen molar-refractivity contribution in [3.8, 4) is 11.4 Å². The number of fused-ring (bicyclic) bond motifs is 1. The molecule has 1 fully saturated rings. The van der Waals surface area contributed by atoms with Gasteiger partial charge in [-0.15, -0.1) is 0 Å². The largest absolute Gasteiger partial charge is 0.337 e. The Bertz CT molecular complexity index is 1190. The first-order valence-corrected chi connectivity index (χ1v) is 10.7. The summed E-state index contributed by atoms with van der Waals surface area (Å²) in [6, 6.07) is 19.1. The van der Waals surface area contributed by atoms with Crippen LogP contribution in [0.1, 0.15) is 34.7 Å². The van der Waals surface area contributed by atoms with Crippen molar-refractivity contribution in [1.29, 1.82) is 0 Å². The number of amides is 1. The number of nitrogens with zero attached hydrogens (tertiary/aromatic N) is 3. The van der Waals surface area contributed by atoms with E-state index in [0.29, 0.717) is 11.5 Å². The molecule has 2 N–H and O–H groups in total. The van der Waals surface area contributed by atoms with Gasteiger partial charge in [-0.3, -0.25) is 4.79 Å². The maximum absolute atomic E-state index is 12.3. The normalized spacial score (nSPS) is 15.3. The van der Waals surface area contributed by atoms with Crippen LogP contribution in [-0.2, 0) is 0 Å². The van der Waals surface area contributed by atoms with Crippen molar-refractivity contribution in [2.45, 2.75) is 18.8 Å². The molecule has 4 aromatic rings. The van der Waals surface area contributed by atoms with E-state index in [0.717, 1.165) is 41.3 Å². The first kappa shape index (κ1) is 19.5. The lowest BCUT2D eigenvalue weighted by Crippen LogP contribution is -2.29. The van der Waals surface area contributed by atoms with E-state index in [1.54, 1.807) is 12.1 Å². The molecule has 0 bridgehead atoms. The zero-order chi connectivity index (χ0) is 21.2. The van der Waals surface area contributed by atoms with Gasteiger partial charge in [0.25, 0.3) is 5.91 Å². The van der Waals surface area contributed by atoms with Crippen LogP contribution in [0.4, 0.5) is 5.69 Å². The fraction of sp³-hybridized carbons (Fsp3) is 0.240. The number of carbonyl (C=O) groups is 1. The molecule has 0 unspecified atom stereocenters. The molecule has 6 nitrogen and oxygen atoms in total. The van der Waals surface area contributed by atoms with Gasteiger partial charge in [0.15, 0.2) is 5.65 Å². The summed E-state index contributed by atoms with van der Waals surface area (Å²) < 4.78 is 0. The summed E-state index contributed by atoms with van der Waals surface area (Å²) in [4.78, 5) is 27.4. The average Bonchev–Trinajstić information content (AvgIpc) is 3.24. The van der Waals surface area contributed by atoms with Crippen molar-refractivity contribution in [2.24, 2.45) is 0 Å². The number of anilines is 1. The minimum absolute atomic E-state index is 0.122. The van der Waals surface area contributed by atoms with Crippen molar-refractivity contribution in [1.82, 2.24) is 19.9 Å². The summed E-state index contributed by atoms with van der Waals surface area (Å²) >= 11 is 0. The van der Waals surface area contributed by atoms with Crippen LogP contribution in [0.3, 0.4) is 0 Å². The Morgan fingerprint density at radius 2 is 1.81 bits per heavy atom. The molecule has 1 amide bonds. The van der Waals surface area contributed by atoms with Gasteiger partial charge in [-0.2, -0.15) is 0 Å². The van der Waals surface area contributed by atoms with Gasteiger partial charge >= 0.3 is 0 Å². The number of aromatic amines is 1. The molecule has 156 valence electrons. The number of H-pyrrole nitrogens is 1. The van der Waals surface area contributed by atoms with Crippen molar-refractivity contribution < 1.29 is 4.79 Å². The lowest BCUT2D eigenvalue weighted by Gasteiger charge is -2.28. The van der Waals surface area contributed by atoms with Gasteiger partial charge in [0.05, 0.1) is 5.52 Å². The molecule has 2 aromatic heterocycles. The molecule has 0 saturated carbocycles. The van der Waals surface area contributed by atoms with Gasteiger partial charge in [0.1, 0.15) is 5.82 Å². The number of carbonyl (C=O) groups excluding carboxylic acids is 1. The Kier molecular flexibility index (Phi) is 5.22. The molecule has 2 aromatic carbocycles. The number of hydrogen-bond acceptors (Lipinski definition) is 4. The monoisotopic (exact) mass is 411 g/mol. The van der Waals surface area contributed by atoms with Crippen LogP contribution in [0.15, 0.2) is 66.9 Å². The number of aromatic nitrogens is 3. The van der Waals surface area contributed by atoms with E-state index in [1.807, 2.05) is 48.7 Å². The summed E-state index contributed by atoms with van der Waals surface area (Å²) in [6.07, 6.45) is 4.31. The minimum Gasteiger partial charge on any atom is -0.337 e. The van der Waals surface area contributed by atoms with E-state index in [9.17, 15) is 4.79 Å². The molecule has 1 aliphatic rings. The average molecular weight is 412 g/mol. The maximum atomic E-state index is 12.3. The summed E-state index contributed by atoms with van der Waals surface area (Å²) in [5.74, 6) is 1.22. The number of benzene rings is 2. The highest BCUT2D eigenvalue weighted by atomic mass is 16.1. The molecular formula is C25H25N5O. The third kappa shape index (κ3) is 4.20. The summed E-state index contributed by atoms with van der Waals surface area (Å²) in [6.45, 7) is 2.26. The molecule has 3 heterocycles. The highest BCUT2D eigenvalue weighted by molar-refractivity contribution is 6.04. The van der Waals surface area contributed by atoms with Gasteiger partial charge in [-0.05, 0) is 86.9 Å².